The quantitative estimate of drug-likeness (QED) is 0.153. The first-order chi connectivity index (χ1) is 25.7. The third-order valence-electron chi connectivity index (χ3n) is 10.4. The van der Waals surface area contributed by atoms with Crippen molar-refractivity contribution < 1.29 is 0 Å². The van der Waals surface area contributed by atoms with Gasteiger partial charge < -0.3 is 5.32 Å². The summed E-state index contributed by atoms with van der Waals surface area (Å²) in [6, 6.07) is 61.7. The van der Waals surface area contributed by atoms with Crippen LogP contribution in [0.4, 0.5) is 0 Å². The molecule has 0 radical (unpaired) electrons. The lowest BCUT2D eigenvalue weighted by Crippen LogP contribution is -2.20. The summed E-state index contributed by atoms with van der Waals surface area (Å²) < 4.78 is 0. The third kappa shape index (κ3) is 7.23. The molecule has 0 fully saturated rings. The molecule has 1 aliphatic rings. The van der Waals surface area contributed by atoms with Gasteiger partial charge in [0.1, 0.15) is 0 Å². The van der Waals surface area contributed by atoms with Crippen LogP contribution >= 0.6 is 0 Å². The lowest BCUT2D eigenvalue weighted by molar-refractivity contribution is 0.625. The normalized spacial score (nSPS) is 14.8. The molecule has 0 bridgehead atoms. The van der Waals surface area contributed by atoms with Gasteiger partial charge in [-0.25, -0.2) is 0 Å². The number of rotatable bonds is 10. The molecule has 1 N–H and O–H groups in total. The van der Waals surface area contributed by atoms with Crippen molar-refractivity contribution in [3.8, 4) is 33.4 Å². The van der Waals surface area contributed by atoms with Crippen LogP contribution in [0.25, 0.3) is 49.7 Å². The average molecular weight is 670 g/mol. The third-order valence-corrected chi connectivity index (χ3v) is 10.4. The molecule has 1 heteroatoms. The summed E-state index contributed by atoms with van der Waals surface area (Å²) in [7, 11) is 0. The summed E-state index contributed by atoms with van der Waals surface area (Å²) in [4.78, 5) is 0. The van der Waals surface area contributed by atoms with E-state index in [2.05, 4.69) is 212 Å². The first kappa shape index (κ1) is 33.1. The van der Waals surface area contributed by atoms with Crippen LogP contribution in [0.15, 0.2) is 200 Å². The molecule has 0 aromatic heterocycles. The fourth-order valence-electron chi connectivity index (χ4n) is 7.54. The van der Waals surface area contributed by atoms with E-state index in [0.29, 0.717) is 5.92 Å². The zero-order chi connectivity index (χ0) is 35.1. The number of allylic oxidation sites excluding steroid dienone is 5. The van der Waals surface area contributed by atoms with Gasteiger partial charge in [-0.05, 0) is 85.3 Å². The van der Waals surface area contributed by atoms with E-state index in [9.17, 15) is 0 Å². The lowest BCUT2D eigenvalue weighted by atomic mass is 9.84. The van der Waals surface area contributed by atoms with E-state index in [1.807, 2.05) is 0 Å². The average Bonchev–Trinajstić information content (AvgIpc) is 3.23. The molecule has 1 aliphatic carbocycles. The second kappa shape index (κ2) is 15.5. The monoisotopic (exact) mass is 669 g/mol. The van der Waals surface area contributed by atoms with Crippen LogP contribution in [-0.2, 0) is 6.54 Å². The zero-order valence-electron chi connectivity index (χ0n) is 29.6. The maximum Gasteiger partial charge on any atom is 0.0520 e. The number of nitrogens with one attached hydrogen (secondary N) is 1. The van der Waals surface area contributed by atoms with Crippen LogP contribution in [0.5, 0.6) is 0 Å². The molecule has 52 heavy (non-hydrogen) atoms. The fourth-order valence-corrected chi connectivity index (χ4v) is 7.54. The topological polar surface area (TPSA) is 12.0 Å². The summed E-state index contributed by atoms with van der Waals surface area (Å²) in [6.07, 6.45) is 12.4. The molecule has 252 valence electrons. The highest BCUT2D eigenvalue weighted by atomic mass is 14.9. The number of benzene rings is 7. The molecule has 0 saturated carbocycles. The standard InChI is InChI=1S/C51H43N/c1-37(39-29-31-43(32-30-39)41-17-7-3-8-18-41)35-51(52-36-38-25-27-42(28-26-38)40-15-5-2-6-16-40)50-34-33-49(47-23-13-14-24-48(47)50)46-22-12-11-21-45(46)44-19-9-4-10-20-44/h2-19,21-35,44,51-52H,20,36H2,1H3/b37-35+. The summed E-state index contributed by atoms with van der Waals surface area (Å²) in [5.41, 5.74) is 13.9. The lowest BCUT2D eigenvalue weighted by Gasteiger charge is -2.23. The van der Waals surface area contributed by atoms with Gasteiger partial charge in [0.15, 0.2) is 0 Å². The van der Waals surface area contributed by atoms with E-state index in [1.165, 1.54) is 72.0 Å². The van der Waals surface area contributed by atoms with Crippen molar-refractivity contribution >= 4 is 16.3 Å². The van der Waals surface area contributed by atoms with Crippen molar-refractivity contribution in [1.29, 1.82) is 0 Å². The van der Waals surface area contributed by atoms with Crippen molar-refractivity contribution in [1.82, 2.24) is 5.32 Å². The minimum Gasteiger partial charge on any atom is -0.303 e. The van der Waals surface area contributed by atoms with Gasteiger partial charge in [-0.3, -0.25) is 0 Å². The van der Waals surface area contributed by atoms with Crippen molar-refractivity contribution in [3.63, 3.8) is 0 Å². The molecular weight excluding hydrogens is 627 g/mol. The Morgan fingerprint density at radius 1 is 0.577 bits per heavy atom. The highest BCUT2D eigenvalue weighted by molar-refractivity contribution is 5.99. The van der Waals surface area contributed by atoms with Crippen LogP contribution in [-0.4, -0.2) is 0 Å². The van der Waals surface area contributed by atoms with E-state index in [1.54, 1.807) is 0 Å². The first-order valence-corrected chi connectivity index (χ1v) is 18.4. The van der Waals surface area contributed by atoms with Crippen molar-refractivity contribution in [2.75, 3.05) is 0 Å². The van der Waals surface area contributed by atoms with E-state index in [0.717, 1.165) is 13.0 Å². The van der Waals surface area contributed by atoms with Crippen LogP contribution < -0.4 is 5.32 Å². The first-order valence-electron chi connectivity index (χ1n) is 18.4. The largest absolute Gasteiger partial charge is 0.303 e. The summed E-state index contributed by atoms with van der Waals surface area (Å²) >= 11 is 0. The molecule has 2 atom stereocenters. The van der Waals surface area contributed by atoms with Crippen molar-refractivity contribution in [3.05, 3.63) is 222 Å². The molecule has 0 spiro atoms. The predicted octanol–water partition coefficient (Wildman–Crippen LogP) is 13.4. The van der Waals surface area contributed by atoms with Crippen LogP contribution in [0.3, 0.4) is 0 Å². The van der Waals surface area contributed by atoms with Gasteiger partial charge >= 0.3 is 0 Å². The summed E-state index contributed by atoms with van der Waals surface area (Å²) in [5, 5.41) is 6.52. The zero-order valence-corrected chi connectivity index (χ0v) is 29.6. The highest BCUT2D eigenvalue weighted by Crippen LogP contribution is 2.39. The Labute approximate surface area is 308 Å². The molecule has 0 heterocycles. The van der Waals surface area contributed by atoms with Gasteiger partial charge in [0.2, 0.25) is 0 Å². The van der Waals surface area contributed by atoms with Gasteiger partial charge in [0.05, 0.1) is 6.04 Å². The summed E-state index contributed by atoms with van der Waals surface area (Å²) in [6.45, 7) is 2.98. The predicted molar refractivity (Wildman–Crippen MR) is 222 cm³/mol. The van der Waals surface area contributed by atoms with Gasteiger partial charge in [0.25, 0.3) is 0 Å². The molecule has 8 rings (SSSR count). The SMILES string of the molecule is C/C(=C\C(NCc1ccc(-c2ccccc2)cc1)c1ccc(-c2ccccc2C2C=CC=CC2)c2ccccc12)c1ccc(-c2ccccc2)cc1. The number of hydrogen-bond acceptors (Lipinski definition) is 1. The Morgan fingerprint density at radius 2 is 1.17 bits per heavy atom. The Hall–Kier alpha value is -6.02. The highest BCUT2D eigenvalue weighted by Gasteiger charge is 2.19. The van der Waals surface area contributed by atoms with Gasteiger partial charge in [-0.15, -0.1) is 0 Å². The Bertz CT molecular complexity index is 2360. The van der Waals surface area contributed by atoms with E-state index in [-0.39, 0.29) is 6.04 Å². The molecule has 2 unspecified atom stereocenters. The molecule has 7 aromatic carbocycles. The molecule has 7 aromatic rings. The van der Waals surface area contributed by atoms with Crippen LogP contribution in [0.2, 0.25) is 0 Å². The minimum absolute atomic E-state index is 0.0109. The molecular formula is C51H43N. The second-order valence-electron chi connectivity index (χ2n) is 13.7. The molecule has 0 aliphatic heterocycles. The van der Waals surface area contributed by atoms with Crippen molar-refractivity contribution in [2.45, 2.75) is 31.8 Å². The summed E-state index contributed by atoms with van der Waals surface area (Å²) in [5.74, 6) is 0.376. The van der Waals surface area contributed by atoms with E-state index in [4.69, 9.17) is 0 Å². The minimum atomic E-state index is -0.0109. The Morgan fingerprint density at radius 3 is 1.85 bits per heavy atom. The van der Waals surface area contributed by atoms with Gasteiger partial charge in [-0.1, -0.05) is 200 Å². The maximum absolute atomic E-state index is 3.97. The number of hydrogen-bond donors (Lipinski definition) is 1. The van der Waals surface area contributed by atoms with Crippen LogP contribution in [0.1, 0.15) is 47.6 Å². The smallest absolute Gasteiger partial charge is 0.0520 e. The number of fused-ring (bicyclic) bond motifs is 1. The van der Waals surface area contributed by atoms with Gasteiger partial charge in [-0.2, -0.15) is 0 Å². The van der Waals surface area contributed by atoms with Crippen LogP contribution in [0, 0.1) is 0 Å². The fraction of sp³-hybridized carbons (Fsp3) is 0.0980. The van der Waals surface area contributed by atoms with Crippen molar-refractivity contribution in [2.24, 2.45) is 0 Å². The Balaban J connectivity index is 1.16. The second-order valence-corrected chi connectivity index (χ2v) is 13.7. The van der Waals surface area contributed by atoms with E-state index < -0.39 is 0 Å². The Kier molecular flexibility index (Phi) is 9.86. The molecule has 0 saturated heterocycles. The molecule has 1 nitrogen and oxygen atoms in total. The maximum atomic E-state index is 3.97. The van der Waals surface area contributed by atoms with E-state index >= 15 is 0 Å². The van der Waals surface area contributed by atoms with Gasteiger partial charge in [0, 0.05) is 12.5 Å². The molecule has 0 amide bonds.